The third-order valence-electron chi connectivity index (χ3n) is 4.29. The summed E-state index contributed by atoms with van der Waals surface area (Å²) >= 11 is 1.55. The van der Waals surface area contributed by atoms with Gasteiger partial charge in [-0.2, -0.15) is 11.8 Å². The van der Waals surface area contributed by atoms with Crippen LogP contribution < -0.4 is 16.2 Å². The minimum absolute atomic E-state index is 0.139. The van der Waals surface area contributed by atoms with Crippen LogP contribution in [0.1, 0.15) is 59.3 Å². The lowest BCUT2D eigenvalue weighted by Gasteiger charge is -2.18. The highest BCUT2D eigenvalue weighted by molar-refractivity contribution is 7.99. The Morgan fingerprint density at radius 1 is 1.17 bits per heavy atom. The number of carbonyl (C=O) groups excluding carboxylic acids is 2. The minimum atomic E-state index is -1.04. The maximum absolute atomic E-state index is 12.3. The van der Waals surface area contributed by atoms with E-state index in [9.17, 15) is 14.4 Å². The van der Waals surface area contributed by atoms with Gasteiger partial charge in [0.05, 0.1) is 6.42 Å². The number of aliphatic carboxylic acids is 1. The zero-order valence-corrected chi connectivity index (χ0v) is 18.4. The van der Waals surface area contributed by atoms with Crippen molar-refractivity contribution >= 4 is 29.5 Å². The number of amides is 2. The van der Waals surface area contributed by atoms with Crippen LogP contribution in [-0.2, 0) is 14.4 Å². The number of hydrogen-bond donors (Lipinski definition) is 4. The van der Waals surface area contributed by atoms with Crippen molar-refractivity contribution in [1.29, 1.82) is 0 Å². The van der Waals surface area contributed by atoms with Gasteiger partial charge in [0.25, 0.3) is 5.91 Å². The van der Waals surface area contributed by atoms with Gasteiger partial charge in [0, 0.05) is 23.6 Å². The highest BCUT2D eigenvalue weighted by Crippen LogP contribution is 2.13. The number of nitrogens with one attached hydrogen (secondary N) is 3. The molecule has 4 N–H and O–H groups in total. The second-order valence-electron chi connectivity index (χ2n) is 7.30. The molecular weight excluding hydrogens is 390 g/mol. The summed E-state index contributed by atoms with van der Waals surface area (Å²) in [4.78, 5) is 34.7. The molecule has 0 unspecified atom stereocenters. The Labute approximate surface area is 177 Å². The van der Waals surface area contributed by atoms with E-state index in [2.05, 4.69) is 49.1 Å². The van der Waals surface area contributed by atoms with E-state index in [1.54, 1.807) is 11.8 Å². The Kier molecular flexibility index (Phi) is 11.9. The Bertz CT molecular complexity index is 667. The molecule has 1 heterocycles. The van der Waals surface area contributed by atoms with Gasteiger partial charge in [0.1, 0.15) is 6.04 Å². The van der Waals surface area contributed by atoms with E-state index >= 15 is 0 Å². The van der Waals surface area contributed by atoms with Gasteiger partial charge in [-0.3, -0.25) is 19.8 Å². The lowest BCUT2D eigenvalue weighted by atomic mass is 10.1. The smallest absolute Gasteiger partial charge is 0.303 e. The molecule has 0 aromatic rings. The first-order valence-corrected chi connectivity index (χ1v) is 11.1. The molecule has 8 heteroatoms. The van der Waals surface area contributed by atoms with Gasteiger partial charge >= 0.3 is 5.97 Å². The first-order valence-electron chi connectivity index (χ1n) is 9.90. The summed E-state index contributed by atoms with van der Waals surface area (Å²) in [5.74, 6) is -0.649. The van der Waals surface area contributed by atoms with Crippen LogP contribution in [0.4, 0.5) is 0 Å². The molecule has 2 amide bonds. The minimum Gasteiger partial charge on any atom is -0.481 e. The number of hydrazine groups is 1. The number of carboxylic acid groups (broad SMARTS) is 1. The molecule has 0 radical (unpaired) electrons. The third kappa shape index (κ3) is 12.1. The molecule has 0 aromatic heterocycles. The SMILES string of the molecule is CC(C)=CCC/C(C)=C/CC/C1=C/CSC[C@H](NC(=O)CCC(=O)O)C(=O)NN1. The molecule has 0 saturated heterocycles. The van der Waals surface area contributed by atoms with Crippen molar-refractivity contribution in [1.82, 2.24) is 16.2 Å². The Hall–Kier alpha value is -2.22. The van der Waals surface area contributed by atoms with Gasteiger partial charge in [-0.05, 0) is 46.5 Å². The van der Waals surface area contributed by atoms with Crippen molar-refractivity contribution in [2.45, 2.75) is 65.3 Å². The average Bonchev–Trinajstić information content (AvgIpc) is 2.72. The van der Waals surface area contributed by atoms with Gasteiger partial charge in [0.15, 0.2) is 0 Å². The summed E-state index contributed by atoms with van der Waals surface area (Å²) in [5, 5.41) is 11.3. The standard InChI is InChI=1S/C21H33N3O4S/c1-15(2)6-4-7-16(3)8-5-9-17-12-13-29-14-18(21(28)24-23-17)22-19(25)10-11-20(26)27/h6,8,12,18,23H,4-5,7,9-11,13-14H2,1-3H3,(H,22,25)(H,24,28)(H,26,27)/b16-8+,17-12-/t18-/m0/s1. The van der Waals surface area contributed by atoms with Crippen molar-refractivity contribution in [3.8, 4) is 0 Å². The van der Waals surface area contributed by atoms with E-state index in [0.29, 0.717) is 5.75 Å². The molecule has 0 saturated carbocycles. The molecule has 0 aromatic carbocycles. The van der Waals surface area contributed by atoms with Crippen molar-refractivity contribution in [3.63, 3.8) is 0 Å². The fraction of sp³-hybridized carbons (Fsp3) is 0.571. The lowest BCUT2D eigenvalue weighted by Crippen LogP contribution is -2.51. The number of allylic oxidation sites excluding steroid dienone is 5. The van der Waals surface area contributed by atoms with E-state index in [4.69, 9.17) is 5.11 Å². The molecular formula is C21H33N3O4S. The average molecular weight is 424 g/mol. The first-order chi connectivity index (χ1) is 13.8. The van der Waals surface area contributed by atoms with Crippen molar-refractivity contribution in [2.75, 3.05) is 11.5 Å². The van der Waals surface area contributed by atoms with Crippen LogP contribution in [0.25, 0.3) is 0 Å². The summed E-state index contributed by atoms with van der Waals surface area (Å²) < 4.78 is 0. The third-order valence-corrected chi connectivity index (χ3v) is 5.27. The zero-order chi connectivity index (χ0) is 21.6. The van der Waals surface area contributed by atoms with Gasteiger partial charge in [0.2, 0.25) is 5.91 Å². The predicted molar refractivity (Wildman–Crippen MR) is 117 cm³/mol. The summed E-state index contributed by atoms with van der Waals surface area (Å²) in [6, 6.07) is -0.696. The van der Waals surface area contributed by atoms with E-state index in [-0.39, 0.29) is 18.7 Å². The molecule has 1 rings (SSSR count). The maximum atomic E-state index is 12.3. The number of rotatable bonds is 10. The van der Waals surface area contributed by atoms with Crippen LogP contribution in [0.15, 0.2) is 35.1 Å². The first kappa shape index (κ1) is 24.8. The lowest BCUT2D eigenvalue weighted by molar-refractivity contribution is -0.139. The fourth-order valence-electron chi connectivity index (χ4n) is 2.62. The second-order valence-corrected chi connectivity index (χ2v) is 8.38. The molecule has 0 spiro atoms. The molecule has 0 bridgehead atoms. The number of carboxylic acids is 1. The summed E-state index contributed by atoms with van der Waals surface area (Å²) in [6.45, 7) is 6.35. The Balaban J connectivity index is 2.46. The van der Waals surface area contributed by atoms with E-state index in [1.807, 2.05) is 6.08 Å². The molecule has 1 atom stereocenters. The van der Waals surface area contributed by atoms with Gasteiger partial charge in [-0.15, -0.1) is 0 Å². The second kappa shape index (κ2) is 13.9. The van der Waals surface area contributed by atoms with E-state index in [1.165, 1.54) is 11.1 Å². The number of carbonyl (C=O) groups is 3. The van der Waals surface area contributed by atoms with Crippen LogP contribution in [0.5, 0.6) is 0 Å². The highest BCUT2D eigenvalue weighted by atomic mass is 32.2. The summed E-state index contributed by atoms with van der Waals surface area (Å²) in [5.41, 5.74) is 9.24. The molecule has 29 heavy (non-hydrogen) atoms. The monoisotopic (exact) mass is 423 g/mol. The van der Waals surface area contributed by atoms with Crippen LogP contribution in [0.3, 0.4) is 0 Å². The summed E-state index contributed by atoms with van der Waals surface area (Å²) in [7, 11) is 0. The molecule has 7 nitrogen and oxygen atoms in total. The predicted octanol–water partition coefficient (Wildman–Crippen LogP) is 3.06. The molecule has 162 valence electrons. The molecule has 0 aliphatic carbocycles. The Morgan fingerprint density at radius 2 is 1.93 bits per heavy atom. The summed E-state index contributed by atoms with van der Waals surface area (Å²) in [6.07, 6.45) is 9.90. The van der Waals surface area contributed by atoms with Gasteiger partial charge in [-0.1, -0.05) is 29.4 Å². The number of thioether (sulfide) groups is 1. The van der Waals surface area contributed by atoms with Gasteiger partial charge < -0.3 is 15.8 Å². The highest BCUT2D eigenvalue weighted by Gasteiger charge is 2.22. The molecule has 1 aliphatic heterocycles. The van der Waals surface area contributed by atoms with Crippen LogP contribution in [0, 0.1) is 0 Å². The van der Waals surface area contributed by atoms with Crippen molar-refractivity contribution < 1.29 is 19.5 Å². The van der Waals surface area contributed by atoms with Crippen LogP contribution in [0.2, 0.25) is 0 Å². The Morgan fingerprint density at radius 3 is 2.62 bits per heavy atom. The zero-order valence-electron chi connectivity index (χ0n) is 17.5. The fourth-order valence-corrected chi connectivity index (χ4v) is 3.55. The largest absolute Gasteiger partial charge is 0.481 e. The maximum Gasteiger partial charge on any atom is 0.303 e. The van der Waals surface area contributed by atoms with Crippen molar-refractivity contribution in [3.05, 3.63) is 35.1 Å². The van der Waals surface area contributed by atoms with Crippen LogP contribution in [-0.4, -0.2) is 40.4 Å². The van der Waals surface area contributed by atoms with E-state index in [0.717, 1.165) is 37.1 Å². The molecule has 1 aliphatic rings. The normalized spacial score (nSPS) is 19.4. The van der Waals surface area contributed by atoms with Crippen molar-refractivity contribution in [2.24, 2.45) is 0 Å². The van der Waals surface area contributed by atoms with Crippen LogP contribution >= 0.6 is 11.8 Å². The van der Waals surface area contributed by atoms with E-state index < -0.39 is 17.9 Å². The topological polar surface area (TPSA) is 108 Å². The van der Waals surface area contributed by atoms with Gasteiger partial charge in [-0.25, -0.2) is 0 Å². The number of hydrogen-bond acceptors (Lipinski definition) is 5. The molecule has 0 fully saturated rings. The quantitative estimate of drug-likeness (QED) is 0.402.